The predicted molar refractivity (Wildman–Crippen MR) is 80.2 cm³/mol. The van der Waals surface area contributed by atoms with Crippen LogP contribution in [0.1, 0.15) is 24.8 Å². The number of ether oxygens (including phenoxy) is 1. The first-order valence-electron chi connectivity index (χ1n) is 6.51. The summed E-state index contributed by atoms with van der Waals surface area (Å²) in [4.78, 5) is 13.9. The minimum absolute atomic E-state index is 0.103. The lowest BCUT2D eigenvalue weighted by Crippen LogP contribution is -2.34. The second-order valence-corrected chi connectivity index (χ2v) is 5.47. The lowest BCUT2D eigenvalue weighted by molar-refractivity contribution is -0.126. The number of carbonyl (C=O) groups excluding carboxylic acids is 1. The maximum absolute atomic E-state index is 12.0. The van der Waals surface area contributed by atoms with Gasteiger partial charge in [-0.3, -0.25) is 4.79 Å². The van der Waals surface area contributed by atoms with E-state index in [-0.39, 0.29) is 5.91 Å². The molecule has 1 saturated heterocycles. The molecule has 0 bridgehead atoms. The van der Waals surface area contributed by atoms with Crippen LogP contribution < -0.4 is 4.74 Å². The summed E-state index contributed by atoms with van der Waals surface area (Å²) in [7, 11) is 1.63. The number of piperidine rings is 1. The molecule has 0 spiro atoms. The SMILES string of the molecule is COc1ccc(C=CC(=O)N2CCCCC2)cc1Br. The van der Waals surface area contributed by atoms with E-state index in [4.69, 9.17) is 4.74 Å². The van der Waals surface area contributed by atoms with Gasteiger partial charge in [-0.1, -0.05) is 6.07 Å². The van der Waals surface area contributed by atoms with Gasteiger partial charge < -0.3 is 9.64 Å². The minimum atomic E-state index is 0.103. The molecule has 2 rings (SSSR count). The van der Waals surface area contributed by atoms with Crippen molar-refractivity contribution in [2.75, 3.05) is 20.2 Å². The summed E-state index contributed by atoms with van der Waals surface area (Å²) in [5.74, 6) is 0.895. The van der Waals surface area contributed by atoms with E-state index in [2.05, 4.69) is 15.9 Å². The molecule has 1 aliphatic heterocycles. The summed E-state index contributed by atoms with van der Waals surface area (Å²) in [5, 5.41) is 0. The lowest BCUT2D eigenvalue weighted by Gasteiger charge is -2.25. The van der Waals surface area contributed by atoms with Crippen molar-refractivity contribution in [1.82, 2.24) is 4.90 Å². The molecule has 1 fully saturated rings. The van der Waals surface area contributed by atoms with E-state index in [9.17, 15) is 4.79 Å². The fraction of sp³-hybridized carbons (Fsp3) is 0.400. The van der Waals surface area contributed by atoms with Crippen molar-refractivity contribution >= 4 is 27.9 Å². The number of hydrogen-bond acceptors (Lipinski definition) is 2. The van der Waals surface area contributed by atoms with Gasteiger partial charge in [0.25, 0.3) is 0 Å². The van der Waals surface area contributed by atoms with Crippen LogP contribution in [0.25, 0.3) is 6.08 Å². The van der Waals surface area contributed by atoms with E-state index in [1.54, 1.807) is 13.2 Å². The number of rotatable bonds is 3. The first-order valence-corrected chi connectivity index (χ1v) is 7.30. The zero-order valence-corrected chi connectivity index (χ0v) is 12.6. The number of nitrogens with zero attached hydrogens (tertiary/aromatic N) is 1. The zero-order valence-electron chi connectivity index (χ0n) is 11.1. The number of carbonyl (C=O) groups is 1. The Morgan fingerprint density at radius 1 is 1.32 bits per heavy atom. The molecule has 1 amide bonds. The molecule has 4 heteroatoms. The van der Waals surface area contributed by atoms with Gasteiger partial charge in [-0.05, 0) is 59.0 Å². The Morgan fingerprint density at radius 3 is 2.68 bits per heavy atom. The zero-order chi connectivity index (χ0) is 13.7. The molecule has 0 aliphatic carbocycles. The summed E-state index contributed by atoms with van der Waals surface area (Å²) < 4.78 is 6.07. The summed E-state index contributed by atoms with van der Waals surface area (Å²) >= 11 is 3.44. The van der Waals surface area contributed by atoms with Gasteiger partial charge in [0.2, 0.25) is 5.91 Å². The summed E-state index contributed by atoms with van der Waals surface area (Å²) in [6, 6.07) is 5.76. The van der Waals surface area contributed by atoms with Crippen molar-refractivity contribution in [3.63, 3.8) is 0 Å². The van der Waals surface area contributed by atoms with Gasteiger partial charge >= 0.3 is 0 Å². The number of halogens is 1. The summed E-state index contributed by atoms with van der Waals surface area (Å²) in [5.41, 5.74) is 0.984. The van der Waals surface area contributed by atoms with Crippen LogP contribution in [-0.4, -0.2) is 31.0 Å². The quantitative estimate of drug-likeness (QED) is 0.797. The maximum Gasteiger partial charge on any atom is 0.246 e. The number of hydrogen-bond donors (Lipinski definition) is 0. The normalized spacial score (nSPS) is 15.8. The smallest absolute Gasteiger partial charge is 0.246 e. The highest BCUT2D eigenvalue weighted by Crippen LogP contribution is 2.26. The standard InChI is InChI=1S/C15H18BrNO2/c1-19-14-7-5-12(11-13(14)16)6-8-15(18)17-9-3-2-4-10-17/h5-8,11H,2-4,9-10H2,1H3. The number of methoxy groups -OCH3 is 1. The lowest BCUT2D eigenvalue weighted by atomic mass is 10.1. The Hall–Kier alpha value is -1.29. The van der Waals surface area contributed by atoms with Gasteiger partial charge in [0.15, 0.2) is 0 Å². The van der Waals surface area contributed by atoms with Gasteiger partial charge in [-0.2, -0.15) is 0 Å². The van der Waals surface area contributed by atoms with Gasteiger partial charge in [0.1, 0.15) is 5.75 Å². The molecule has 1 aromatic carbocycles. The van der Waals surface area contributed by atoms with Crippen LogP contribution in [0.3, 0.4) is 0 Å². The Bertz CT molecular complexity index is 479. The molecular weight excluding hydrogens is 306 g/mol. The van der Waals surface area contributed by atoms with Gasteiger partial charge in [0.05, 0.1) is 11.6 Å². The van der Waals surface area contributed by atoms with E-state index in [0.717, 1.165) is 41.7 Å². The van der Waals surface area contributed by atoms with Crippen LogP contribution in [0.5, 0.6) is 5.75 Å². The van der Waals surface area contributed by atoms with Gasteiger partial charge in [0, 0.05) is 19.2 Å². The molecule has 1 aliphatic rings. The highest BCUT2D eigenvalue weighted by Gasteiger charge is 2.13. The molecule has 0 N–H and O–H groups in total. The van der Waals surface area contributed by atoms with Crippen molar-refractivity contribution < 1.29 is 9.53 Å². The van der Waals surface area contributed by atoms with Crippen LogP contribution in [0.2, 0.25) is 0 Å². The topological polar surface area (TPSA) is 29.5 Å². The third-order valence-electron chi connectivity index (χ3n) is 3.26. The molecule has 3 nitrogen and oxygen atoms in total. The molecule has 0 radical (unpaired) electrons. The van der Waals surface area contributed by atoms with Crippen molar-refractivity contribution in [3.05, 3.63) is 34.3 Å². The average Bonchev–Trinajstić information content (AvgIpc) is 2.46. The second kappa shape index (κ2) is 6.75. The van der Waals surface area contributed by atoms with Crippen LogP contribution in [0.15, 0.2) is 28.7 Å². The Kier molecular flexibility index (Phi) is 5.02. The number of amides is 1. The third-order valence-corrected chi connectivity index (χ3v) is 3.88. The monoisotopic (exact) mass is 323 g/mol. The minimum Gasteiger partial charge on any atom is -0.496 e. The van der Waals surface area contributed by atoms with Crippen LogP contribution in [-0.2, 0) is 4.79 Å². The first-order chi connectivity index (χ1) is 9.20. The highest BCUT2D eigenvalue weighted by atomic mass is 79.9. The molecule has 102 valence electrons. The van der Waals surface area contributed by atoms with E-state index in [1.807, 2.05) is 29.2 Å². The van der Waals surface area contributed by atoms with E-state index >= 15 is 0 Å². The van der Waals surface area contributed by atoms with E-state index in [0.29, 0.717) is 0 Å². The van der Waals surface area contributed by atoms with Gasteiger partial charge in [-0.15, -0.1) is 0 Å². The fourth-order valence-electron chi connectivity index (χ4n) is 2.17. The number of benzene rings is 1. The Morgan fingerprint density at radius 2 is 2.05 bits per heavy atom. The molecule has 0 unspecified atom stereocenters. The molecule has 1 aromatic rings. The van der Waals surface area contributed by atoms with Crippen molar-refractivity contribution in [3.8, 4) is 5.75 Å². The maximum atomic E-state index is 12.0. The fourth-order valence-corrected chi connectivity index (χ4v) is 2.73. The first kappa shape index (κ1) is 14.1. The summed E-state index contributed by atoms with van der Waals surface area (Å²) in [6.45, 7) is 1.77. The Labute approximate surface area is 122 Å². The van der Waals surface area contributed by atoms with Crippen LogP contribution in [0, 0.1) is 0 Å². The molecule has 0 aromatic heterocycles. The van der Waals surface area contributed by atoms with Crippen molar-refractivity contribution in [2.24, 2.45) is 0 Å². The Balaban J connectivity index is 2.01. The molecule has 0 atom stereocenters. The molecule has 19 heavy (non-hydrogen) atoms. The van der Waals surface area contributed by atoms with E-state index < -0.39 is 0 Å². The average molecular weight is 324 g/mol. The van der Waals surface area contributed by atoms with Gasteiger partial charge in [-0.25, -0.2) is 0 Å². The van der Waals surface area contributed by atoms with Crippen LogP contribution >= 0.6 is 15.9 Å². The van der Waals surface area contributed by atoms with Crippen molar-refractivity contribution in [2.45, 2.75) is 19.3 Å². The second-order valence-electron chi connectivity index (χ2n) is 4.61. The molecular formula is C15H18BrNO2. The highest BCUT2D eigenvalue weighted by molar-refractivity contribution is 9.10. The molecule has 0 saturated carbocycles. The van der Waals surface area contributed by atoms with E-state index in [1.165, 1.54) is 6.42 Å². The number of likely N-dealkylation sites (tertiary alicyclic amines) is 1. The van der Waals surface area contributed by atoms with Crippen LogP contribution in [0.4, 0.5) is 0 Å². The third kappa shape index (κ3) is 3.83. The largest absolute Gasteiger partial charge is 0.496 e. The molecule has 1 heterocycles. The predicted octanol–water partition coefficient (Wildman–Crippen LogP) is 3.48. The summed E-state index contributed by atoms with van der Waals surface area (Å²) in [6.07, 6.45) is 6.97. The van der Waals surface area contributed by atoms with Crippen molar-refractivity contribution in [1.29, 1.82) is 0 Å².